The van der Waals surface area contributed by atoms with Crippen molar-refractivity contribution in [3.8, 4) is 0 Å². The highest BCUT2D eigenvalue weighted by Gasteiger charge is 2.19. The fourth-order valence-corrected chi connectivity index (χ4v) is 1.85. The number of hydrogen-bond donors (Lipinski definition) is 2. The normalized spacial score (nSPS) is 12.5. The van der Waals surface area contributed by atoms with E-state index in [1.165, 1.54) is 7.11 Å². The van der Waals surface area contributed by atoms with Gasteiger partial charge in [0, 0.05) is 17.1 Å². The monoisotopic (exact) mass is 329 g/mol. The van der Waals surface area contributed by atoms with Crippen LogP contribution < -0.4 is 5.32 Å². The Bertz CT molecular complexity index is 553. The van der Waals surface area contributed by atoms with Crippen molar-refractivity contribution in [2.75, 3.05) is 12.4 Å². The highest BCUT2D eigenvalue weighted by atomic mass is 35.5. The lowest BCUT2D eigenvalue weighted by molar-refractivity contribution is -0.150. The van der Waals surface area contributed by atoms with Gasteiger partial charge in [-0.25, -0.2) is 9.59 Å². The second-order valence-electron chi connectivity index (χ2n) is 5.68. The molecule has 1 rings (SSSR count). The SMILES string of the molecule is COC(=O)C(O)Cc1cc(NC(=O)OC(C)(C)C)ccc1Cl. The number of carbonyl (C=O) groups is 2. The van der Waals surface area contributed by atoms with Crippen molar-refractivity contribution in [3.63, 3.8) is 0 Å². The summed E-state index contributed by atoms with van der Waals surface area (Å²) in [6.45, 7) is 5.27. The number of ether oxygens (including phenoxy) is 2. The number of hydrogen-bond acceptors (Lipinski definition) is 5. The number of esters is 1. The maximum Gasteiger partial charge on any atom is 0.412 e. The van der Waals surface area contributed by atoms with Crippen LogP contribution in [0.3, 0.4) is 0 Å². The molecule has 0 saturated heterocycles. The topological polar surface area (TPSA) is 84.9 Å². The molecule has 1 atom stereocenters. The number of nitrogens with one attached hydrogen (secondary N) is 1. The van der Waals surface area contributed by atoms with Gasteiger partial charge < -0.3 is 14.6 Å². The summed E-state index contributed by atoms with van der Waals surface area (Å²) < 4.78 is 9.59. The Morgan fingerprint density at radius 3 is 2.55 bits per heavy atom. The number of benzene rings is 1. The highest BCUT2D eigenvalue weighted by Crippen LogP contribution is 2.23. The second-order valence-corrected chi connectivity index (χ2v) is 6.08. The van der Waals surface area contributed by atoms with E-state index >= 15 is 0 Å². The van der Waals surface area contributed by atoms with Gasteiger partial charge in [-0.3, -0.25) is 5.32 Å². The zero-order valence-electron chi connectivity index (χ0n) is 13.0. The molecule has 0 saturated carbocycles. The maximum atomic E-state index is 11.7. The lowest BCUT2D eigenvalue weighted by atomic mass is 10.1. The first-order chi connectivity index (χ1) is 10.1. The van der Waals surface area contributed by atoms with Gasteiger partial charge in [0.05, 0.1) is 7.11 Å². The van der Waals surface area contributed by atoms with Gasteiger partial charge >= 0.3 is 12.1 Å². The lowest BCUT2D eigenvalue weighted by Gasteiger charge is -2.20. The van der Waals surface area contributed by atoms with Crippen LogP contribution in [0.2, 0.25) is 5.02 Å². The third-order valence-electron chi connectivity index (χ3n) is 2.58. The Morgan fingerprint density at radius 2 is 2.00 bits per heavy atom. The van der Waals surface area contributed by atoms with E-state index in [4.69, 9.17) is 16.3 Å². The van der Waals surface area contributed by atoms with Crippen LogP contribution in [0.25, 0.3) is 0 Å². The lowest BCUT2D eigenvalue weighted by Crippen LogP contribution is -2.27. The number of anilines is 1. The Morgan fingerprint density at radius 1 is 1.36 bits per heavy atom. The van der Waals surface area contributed by atoms with E-state index in [0.29, 0.717) is 16.3 Å². The van der Waals surface area contributed by atoms with Crippen LogP contribution in [0.1, 0.15) is 26.3 Å². The first kappa shape index (κ1) is 18.3. The van der Waals surface area contributed by atoms with Crippen LogP contribution in [0.5, 0.6) is 0 Å². The van der Waals surface area contributed by atoms with E-state index in [-0.39, 0.29) is 6.42 Å². The van der Waals surface area contributed by atoms with E-state index in [1.54, 1.807) is 39.0 Å². The molecule has 22 heavy (non-hydrogen) atoms. The number of methoxy groups -OCH3 is 1. The predicted octanol–water partition coefficient (Wildman–Crippen LogP) is 2.76. The number of halogens is 1. The van der Waals surface area contributed by atoms with Gasteiger partial charge in [0.2, 0.25) is 0 Å². The minimum absolute atomic E-state index is 0.0185. The standard InChI is InChI=1S/C15H20ClNO5/c1-15(2,3)22-14(20)17-10-5-6-11(16)9(7-10)8-12(18)13(19)21-4/h5-7,12,18H,8H2,1-4H3,(H,17,20). The average Bonchev–Trinajstić information content (AvgIpc) is 2.39. The number of carbonyl (C=O) groups excluding carboxylic acids is 2. The molecule has 0 fully saturated rings. The molecule has 6 nitrogen and oxygen atoms in total. The molecule has 1 aromatic rings. The predicted molar refractivity (Wildman–Crippen MR) is 83.0 cm³/mol. The minimum Gasteiger partial charge on any atom is -0.467 e. The van der Waals surface area contributed by atoms with Crippen molar-refractivity contribution in [1.82, 2.24) is 0 Å². The van der Waals surface area contributed by atoms with E-state index in [9.17, 15) is 14.7 Å². The van der Waals surface area contributed by atoms with E-state index in [0.717, 1.165) is 0 Å². The van der Waals surface area contributed by atoms with Gasteiger partial charge in [-0.15, -0.1) is 0 Å². The van der Waals surface area contributed by atoms with Crippen molar-refractivity contribution >= 4 is 29.4 Å². The summed E-state index contributed by atoms with van der Waals surface area (Å²) >= 11 is 6.02. The van der Waals surface area contributed by atoms with Crippen molar-refractivity contribution < 1.29 is 24.2 Å². The van der Waals surface area contributed by atoms with Crippen LogP contribution in [-0.4, -0.2) is 36.0 Å². The second kappa shape index (κ2) is 7.47. The molecule has 0 aromatic heterocycles. The third kappa shape index (κ3) is 5.91. The summed E-state index contributed by atoms with van der Waals surface area (Å²) in [5, 5.41) is 12.6. The maximum absolute atomic E-state index is 11.7. The van der Waals surface area contributed by atoms with Crippen molar-refractivity contribution in [3.05, 3.63) is 28.8 Å². The van der Waals surface area contributed by atoms with Crippen molar-refractivity contribution in [1.29, 1.82) is 0 Å². The summed E-state index contributed by atoms with van der Waals surface area (Å²) in [5.74, 6) is -0.749. The summed E-state index contributed by atoms with van der Waals surface area (Å²) in [4.78, 5) is 23.0. The number of aliphatic hydroxyl groups excluding tert-OH is 1. The molecule has 0 radical (unpaired) electrons. The molecule has 1 unspecified atom stereocenters. The summed E-state index contributed by atoms with van der Waals surface area (Å²) in [6, 6.07) is 4.73. The molecule has 1 aromatic carbocycles. The molecular formula is C15H20ClNO5. The molecule has 2 N–H and O–H groups in total. The zero-order chi connectivity index (χ0) is 16.9. The fourth-order valence-electron chi connectivity index (χ4n) is 1.66. The van der Waals surface area contributed by atoms with Gasteiger partial charge in [0.1, 0.15) is 5.60 Å². The molecule has 122 valence electrons. The molecule has 0 spiro atoms. The molecule has 0 bridgehead atoms. The highest BCUT2D eigenvalue weighted by molar-refractivity contribution is 6.31. The first-order valence-electron chi connectivity index (χ1n) is 6.66. The first-order valence-corrected chi connectivity index (χ1v) is 7.04. The van der Waals surface area contributed by atoms with Crippen LogP contribution in [-0.2, 0) is 20.7 Å². The minimum atomic E-state index is -1.32. The Kier molecular flexibility index (Phi) is 6.20. The summed E-state index contributed by atoms with van der Waals surface area (Å²) in [5.41, 5.74) is 0.347. The third-order valence-corrected chi connectivity index (χ3v) is 2.95. The summed E-state index contributed by atoms with van der Waals surface area (Å²) in [6.07, 6.45) is -1.94. The van der Waals surface area contributed by atoms with Gasteiger partial charge in [0.25, 0.3) is 0 Å². The average molecular weight is 330 g/mol. The molecule has 0 aliphatic heterocycles. The van der Waals surface area contributed by atoms with Gasteiger partial charge in [-0.1, -0.05) is 11.6 Å². The molecular weight excluding hydrogens is 310 g/mol. The zero-order valence-corrected chi connectivity index (χ0v) is 13.7. The molecule has 0 aliphatic carbocycles. The van der Waals surface area contributed by atoms with Crippen LogP contribution in [0.15, 0.2) is 18.2 Å². The van der Waals surface area contributed by atoms with Crippen molar-refractivity contribution in [2.24, 2.45) is 0 Å². The number of amides is 1. The number of rotatable bonds is 4. The van der Waals surface area contributed by atoms with Crippen LogP contribution in [0.4, 0.5) is 10.5 Å². The van der Waals surface area contributed by atoms with Gasteiger partial charge in [-0.05, 0) is 44.5 Å². The molecule has 0 aliphatic rings. The number of aliphatic hydroxyl groups is 1. The van der Waals surface area contributed by atoms with Gasteiger partial charge in [-0.2, -0.15) is 0 Å². The van der Waals surface area contributed by atoms with E-state index in [1.807, 2.05) is 0 Å². The van der Waals surface area contributed by atoms with Crippen LogP contribution in [0, 0.1) is 0 Å². The van der Waals surface area contributed by atoms with E-state index < -0.39 is 23.8 Å². The summed E-state index contributed by atoms with van der Waals surface area (Å²) in [7, 11) is 1.19. The van der Waals surface area contributed by atoms with Gasteiger partial charge in [0.15, 0.2) is 6.10 Å². The molecule has 7 heteroatoms. The van der Waals surface area contributed by atoms with Crippen molar-refractivity contribution in [2.45, 2.75) is 38.9 Å². The van der Waals surface area contributed by atoms with Crippen LogP contribution >= 0.6 is 11.6 Å². The van der Waals surface area contributed by atoms with E-state index in [2.05, 4.69) is 10.1 Å². The largest absolute Gasteiger partial charge is 0.467 e. The Balaban J connectivity index is 2.81. The Hall–Kier alpha value is -1.79. The quantitative estimate of drug-likeness (QED) is 0.830. The smallest absolute Gasteiger partial charge is 0.412 e. The molecule has 0 heterocycles. The Labute approximate surface area is 134 Å². The fraction of sp³-hybridized carbons (Fsp3) is 0.467. The molecule has 1 amide bonds.